The quantitative estimate of drug-likeness (QED) is 0.122. The topological polar surface area (TPSA) is 215 Å². The predicted molar refractivity (Wildman–Crippen MR) is 97.8 cm³/mol. The van der Waals surface area contributed by atoms with E-state index in [-0.39, 0.29) is 24.4 Å². The molecule has 30 heavy (non-hydrogen) atoms. The largest absolute Gasteiger partial charge is 0.466 e. The number of hydrogen-bond acceptors (Lipinski definition) is 10. The lowest BCUT2D eigenvalue weighted by atomic mass is 10.1. The number of aromatic amines is 1. The Labute approximate surface area is 167 Å². The van der Waals surface area contributed by atoms with Crippen molar-refractivity contribution >= 4 is 5.91 Å². The second kappa shape index (κ2) is 8.83. The molecule has 14 heteroatoms. The first-order valence-electron chi connectivity index (χ1n) is 8.61. The van der Waals surface area contributed by atoms with Crippen LogP contribution in [0.25, 0.3) is 0 Å². The Hall–Kier alpha value is -3.59. The highest BCUT2D eigenvalue weighted by Crippen LogP contribution is 2.22. The molecule has 3 heterocycles. The van der Waals surface area contributed by atoms with Gasteiger partial charge in [0.1, 0.15) is 36.0 Å². The minimum Gasteiger partial charge on any atom is -0.466 e. The van der Waals surface area contributed by atoms with E-state index in [1.54, 1.807) is 0 Å². The molecular formula is C16H19N7O7. The number of aliphatic hydroxyl groups excluding tert-OH is 3. The first-order valence-corrected chi connectivity index (χ1v) is 8.61. The summed E-state index contributed by atoms with van der Waals surface area (Å²) in [6, 6.07) is 2.36. The van der Waals surface area contributed by atoms with Gasteiger partial charge in [-0.05, 0) is 6.07 Å². The van der Waals surface area contributed by atoms with E-state index in [1.165, 1.54) is 33.8 Å². The Bertz CT molecular complexity index is 1130. The lowest BCUT2D eigenvalue weighted by Gasteiger charge is -2.21. The average molecular weight is 421 g/mol. The van der Waals surface area contributed by atoms with Crippen LogP contribution in [0.5, 0.6) is 0 Å². The van der Waals surface area contributed by atoms with Crippen molar-refractivity contribution in [3.63, 3.8) is 0 Å². The van der Waals surface area contributed by atoms with Crippen LogP contribution in [0.15, 0.2) is 44.8 Å². The Morgan fingerprint density at radius 2 is 2.10 bits per heavy atom. The molecule has 0 radical (unpaired) electrons. The van der Waals surface area contributed by atoms with E-state index in [4.69, 9.17) is 10.3 Å². The summed E-state index contributed by atoms with van der Waals surface area (Å²) in [4.78, 5) is 36.3. The molecule has 160 valence electrons. The molecule has 0 unspecified atom stereocenters. The Morgan fingerprint density at radius 3 is 2.80 bits per heavy atom. The molecule has 0 saturated heterocycles. The molecule has 0 spiro atoms. The summed E-state index contributed by atoms with van der Waals surface area (Å²) in [5, 5.41) is 38.2. The Balaban J connectivity index is 1.63. The third-order valence-electron chi connectivity index (χ3n) is 4.21. The molecular weight excluding hydrogens is 402 g/mol. The van der Waals surface area contributed by atoms with E-state index in [0.29, 0.717) is 5.69 Å². The molecule has 1 amide bonds. The van der Waals surface area contributed by atoms with E-state index in [2.05, 4.69) is 15.3 Å². The summed E-state index contributed by atoms with van der Waals surface area (Å²) in [7, 11) is 0. The number of aliphatic hydroxyl groups is 3. The fourth-order valence-electron chi connectivity index (χ4n) is 2.63. The number of nitrogen functional groups attached to an aromatic ring is 1. The molecule has 0 aliphatic heterocycles. The number of nitrogens with one attached hydrogen (secondary N) is 2. The highest BCUT2D eigenvalue weighted by molar-refractivity contribution is 5.93. The third-order valence-corrected chi connectivity index (χ3v) is 4.21. The van der Waals surface area contributed by atoms with Gasteiger partial charge < -0.3 is 19.7 Å². The second-order valence-corrected chi connectivity index (χ2v) is 6.38. The van der Waals surface area contributed by atoms with Crippen molar-refractivity contribution < 1.29 is 24.5 Å². The van der Waals surface area contributed by atoms with Gasteiger partial charge in [-0.15, -0.1) is 5.10 Å². The van der Waals surface area contributed by atoms with Crippen LogP contribution < -0.4 is 22.5 Å². The van der Waals surface area contributed by atoms with Gasteiger partial charge in [-0.25, -0.2) is 15.3 Å². The van der Waals surface area contributed by atoms with Gasteiger partial charge in [0.05, 0.1) is 24.8 Å². The van der Waals surface area contributed by atoms with Crippen molar-refractivity contribution in [3.05, 3.63) is 68.6 Å². The molecule has 3 aromatic rings. The predicted octanol–water partition coefficient (Wildman–Crippen LogP) is -3.17. The number of hydrogen-bond donors (Lipinski definition) is 6. The summed E-state index contributed by atoms with van der Waals surface area (Å²) < 4.78 is 7.45. The summed E-state index contributed by atoms with van der Waals surface area (Å²) in [6.07, 6.45) is -0.986. The maximum absolute atomic E-state index is 11.7. The number of hydrazine groups is 1. The van der Waals surface area contributed by atoms with E-state index in [1.807, 2.05) is 5.43 Å². The molecule has 0 aliphatic carbocycles. The highest BCUT2D eigenvalue weighted by Gasteiger charge is 2.29. The van der Waals surface area contributed by atoms with Crippen LogP contribution in [-0.4, -0.2) is 58.0 Å². The first-order chi connectivity index (χ1) is 14.3. The summed E-state index contributed by atoms with van der Waals surface area (Å²) >= 11 is 0. The van der Waals surface area contributed by atoms with Crippen LogP contribution in [-0.2, 0) is 13.1 Å². The second-order valence-electron chi connectivity index (χ2n) is 6.38. The SMILES string of the molecule is NNC(=O)c1coc([C@@H](O)[C@H](O)[C@H](O)Cn2cc(Cn3ccc(=O)[nH]c3=O)nn2)c1. The van der Waals surface area contributed by atoms with Crippen LogP contribution in [0.1, 0.15) is 27.9 Å². The van der Waals surface area contributed by atoms with Crippen molar-refractivity contribution in [2.45, 2.75) is 31.4 Å². The molecule has 0 fully saturated rings. The number of carbonyl (C=O) groups is 1. The number of H-pyrrole nitrogens is 1. The lowest BCUT2D eigenvalue weighted by Crippen LogP contribution is -2.35. The zero-order valence-corrected chi connectivity index (χ0v) is 15.4. The standard InChI is InChI=1S/C16H19N7O7/c17-19-15(28)8-3-11(30-7-8)14(27)13(26)10(24)6-23-5-9(20-21-23)4-22-2-1-12(25)18-16(22)29/h1-3,5,7,10,13-14,24,26-27H,4,6,17H2,(H,19,28)(H,18,25,29)/t10-,13-,14-/m1/s1. The van der Waals surface area contributed by atoms with Gasteiger partial charge in [-0.2, -0.15) is 0 Å². The van der Waals surface area contributed by atoms with Gasteiger partial charge in [-0.3, -0.25) is 24.6 Å². The van der Waals surface area contributed by atoms with E-state index >= 15 is 0 Å². The fraction of sp³-hybridized carbons (Fsp3) is 0.312. The van der Waals surface area contributed by atoms with Gasteiger partial charge in [0.15, 0.2) is 0 Å². The van der Waals surface area contributed by atoms with E-state index < -0.39 is 35.5 Å². The Morgan fingerprint density at radius 1 is 1.33 bits per heavy atom. The summed E-state index contributed by atoms with van der Waals surface area (Å²) in [5.41, 5.74) is 1.15. The number of carbonyl (C=O) groups excluding carboxylic acids is 1. The van der Waals surface area contributed by atoms with Crippen LogP contribution >= 0.6 is 0 Å². The Kier molecular flexibility index (Phi) is 6.22. The fourth-order valence-corrected chi connectivity index (χ4v) is 2.63. The summed E-state index contributed by atoms with van der Waals surface area (Å²) in [5.74, 6) is 4.21. The normalized spacial score (nSPS) is 14.3. The zero-order chi connectivity index (χ0) is 21.8. The monoisotopic (exact) mass is 421 g/mol. The van der Waals surface area contributed by atoms with Gasteiger partial charge >= 0.3 is 5.69 Å². The van der Waals surface area contributed by atoms with Crippen molar-refractivity contribution in [3.8, 4) is 0 Å². The number of amides is 1. The molecule has 0 aliphatic rings. The minimum absolute atomic E-state index is 0.0231. The van der Waals surface area contributed by atoms with Crippen LogP contribution in [0, 0.1) is 0 Å². The van der Waals surface area contributed by atoms with Crippen molar-refractivity contribution in [2.24, 2.45) is 5.84 Å². The van der Waals surface area contributed by atoms with E-state index in [0.717, 1.165) is 6.26 Å². The van der Waals surface area contributed by atoms with Crippen LogP contribution in [0.3, 0.4) is 0 Å². The number of nitrogens with zero attached hydrogens (tertiary/aromatic N) is 4. The molecule has 0 saturated carbocycles. The molecule has 14 nitrogen and oxygen atoms in total. The number of nitrogens with two attached hydrogens (primary N) is 1. The molecule has 3 atom stereocenters. The minimum atomic E-state index is -1.67. The van der Waals surface area contributed by atoms with Crippen LogP contribution in [0.2, 0.25) is 0 Å². The maximum Gasteiger partial charge on any atom is 0.328 e. The molecule has 0 aromatic carbocycles. The smallest absolute Gasteiger partial charge is 0.328 e. The van der Waals surface area contributed by atoms with Gasteiger partial charge in [0.2, 0.25) is 0 Å². The van der Waals surface area contributed by atoms with Crippen molar-refractivity contribution in [2.75, 3.05) is 0 Å². The number of aromatic nitrogens is 5. The van der Waals surface area contributed by atoms with E-state index in [9.17, 15) is 29.7 Å². The summed E-state index contributed by atoms with van der Waals surface area (Å²) in [6.45, 7) is -0.210. The number of furan rings is 1. The van der Waals surface area contributed by atoms with Crippen molar-refractivity contribution in [1.29, 1.82) is 0 Å². The number of rotatable bonds is 8. The third kappa shape index (κ3) is 4.69. The molecule has 7 N–H and O–H groups in total. The lowest BCUT2D eigenvalue weighted by molar-refractivity contribution is -0.0739. The zero-order valence-electron chi connectivity index (χ0n) is 15.4. The van der Waals surface area contributed by atoms with Crippen LogP contribution in [0.4, 0.5) is 0 Å². The van der Waals surface area contributed by atoms with Gasteiger partial charge in [-0.1, -0.05) is 5.21 Å². The van der Waals surface area contributed by atoms with Gasteiger partial charge in [0.25, 0.3) is 11.5 Å². The van der Waals surface area contributed by atoms with Gasteiger partial charge in [0, 0.05) is 12.3 Å². The van der Waals surface area contributed by atoms with Crippen molar-refractivity contribution in [1.82, 2.24) is 30.0 Å². The molecule has 0 bridgehead atoms. The average Bonchev–Trinajstić information content (AvgIpc) is 3.38. The molecule has 3 aromatic heterocycles. The maximum atomic E-state index is 11.7. The molecule has 3 rings (SSSR count). The highest BCUT2D eigenvalue weighted by atomic mass is 16.4. The first kappa shape index (κ1) is 21.1.